The second-order valence-electron chi connectivity index (χ2n) is 9.25. The van der Waals surface area contributed by atoms with Gasteiger partial charge in [0, 0.05) is 16.5 Å². The first-order chi connectivity index (χ1) is 16.1. The summed E-state index contributed by atoms with van der Waals surface area (Å²) in [4.78, 5) is 68.9. The van der Waals surface area contributed by atoms with E-state index in [4.69, 9.17) is 4.74 Å². The number of nitroso groups, excluding NO2 is 1. The van der Waals surface area contributed by atoms with E-state index in [9.17, 15) is 40.0 Å². The first kappa shape index (κ1) is 25.6. The van der Waals surface area contributed by atoms with Gasteiger partial charge in [-0.1, -0.05) is 0 Å². The number of hydrogen-bond acceptors (Lipinski definition) is 14. The topological polar surface area (TPSA) is 213 Å². The van der Waals surface area contributed by atoms with E-state index in [-0.39, 0.29) is 18.3 Å². The van der Waals surface area contributed by atoms with Crippen LogP contribution >= 0.6 is 11.9 Å². The molecule has 0 aliphatic heterocycles. The normalized spacial score (nSPS) is 29.2. The molecule has 4 aliphatic rings. The minimum atomic E-state index is -1.92. The second-order valence-corrected chi connectivity index (χ2v) is 10.3. The van der Waals surface area contributed by atoms with Gasteiger partial charge in [-0.25, -0.2) is 0 Å². The molecule has 0 amide bonds. The monoisotopic (exact) mass is 508 g/mol. The molecule has 0 aromatic carbocycles. The standard InChI is InChI=1S/C17H24N4O12S/c22-15(6-17(34-18-23)13-2-11-1-12(4-13)5-14(17)3-11)30-7-16(8-31-19(24)25,9-32-20(26)27)10-33-21(28)29/h11-14H,1-10H2. The molecule has 4 rings (SSSR count). The fraction of sp³-hybridized carbons (Fsp3) is 0.941. The highest BCUT2D eigenvalue weighted by Crippen LogP contribution is 2.64. The van der Waals surface area contributed by atoms with E-state index in [2.05, 4.69) is 19.1 Å². The maximum Gasteiger partial charge on any atom is 0.307 e. The number of hydrogen-bond donors (Lipinski definition) is 0. The van der Waals surface area contributed by atoms with Crippen LogP contribution in [-0.2, 0) is 24.0 Å². The van der Waals surface area contributed by atoms with Gasteiger partial charge in [-0.15, -0.1) is 35.3 Å². The lowest BCUT2D eigenvalue weighted by molar-refractivity contribution is -0.782. The van der Waals surface area contributed by atoms with Crippen LogP contribution in [0.5, 0.6) is 0 Å². The van der Waals surface area contributed by atoms with E-state index in [1.54, 1.807) is 0 Å². The Morgan fingerprint density at radius 3 is 1.68 bits per heavy atom. The van der Waals surface area contributed by atoms with Crippen molar-refractivity contribution in [3.05, 3.63) is 35.3 Å². The van der Waals surface area contributed by atoms with Gasteiger partial charge in [0.25, 0.3) is 15.3 Å². The first-order valence-corrected chi connectivity index (χ1v) is 11.3. The molecule has 4 bridgehead atoms. The average molecular weight is 508 g/mol. The Morgan fingerprint density at radius 2 is 1.29 bits per heavy atom. The number of carbonyl (C=O) groups excluding carboxylic acids is 1. The molecule has 0 unspecified atom stereocenters. The van der Waals surface area contributed by atoms with Crippen LogP contribution in [0.1, 0.15) is 38.5 Å². The lowest BCUT2D eigenvalue weighted by atomic mass is 9.51. The molecular formula is C17H24N4O12S. The summed E-state index contributed by atoms with van der Waals surface area (Å²) in [5, 5.41) is 28.4. The smallest absolute Gasteiger partial charge is 0.307 e. The van der Waals surface area contributed by atoms with Crippen molar-refractivity contribution >= 4 is 17.9 Å². The average Bonchev–Trinajstić information content (AvgIpc) is 2.76. The van der Waals surface area contributed by atoms with Gasteiger partial charge >= 0.3 is 5.97 Å². The second kappa shape index (κ2) is 10.5. The van der Waals surface area contributed by atoms with E-state index in [1.165, 1.54) is 0 Å². The van der Waals surface area contributed by atoms with Gasteiger partial charge in [-0.2, -0.15) is 0 Å². The van der Waals surface area contributed by atoms with E-state index >= 15 is 0 Å². The number of ether oxygens (including phenoxy) is 1. The maximum absolute atomic E-state index is 12.9. The molecule has 0 aromatic heterocycles. The van der Waals surface area contributed by atoms with E-state index in [0.717, 1.165) is 44.1 Å². The molecule has 0 saturated heterocycles. The van der Waals surface area contributed by atoms with Crippen LogP contribution in [0.2, 0.25) is 0 Å². The summed E-state index contributed by atoms with van der Waals surface area (Å²) >= 11 is 0.845. The zero-order valence-corrected chi connectivity index (χ0v) is 18.8. The minimum absolute atomic E-state index is 0.109. The maximum atomic E-state index is 12.9. The van der Waals surface area contributed by atoms with Crippen molar-refractivity contribution in [3.63, 3.8) is 0 Å². The molecule has 190 valence electrons. The predicted molar refractivity (Wildman–Crippen MR) is 110 cm³/mol. The zero-order valence-electron chi connectivity index (χ0n) is 18.0. The van der Waals surface area contributed by atoms with Crippen molar-refractivity contribution < 1.29 is 39.3 Å². The third-order valence-electron chi connectivity index (χ3n) is 7.12. The quantitative estimate of drug-likeness (QED) is 0.102. The summed E-state index contributed by atoms with van der Waals surface area (Å²) in [5.74, 6) is 0.569. The van der Waals surface area contributed by atoms with E-state index < -0.39 is 57.8 Å². The molecule has 4 saturated carbocycles. The van der Waals surface area contributed by atoms with Gasteiger partial charge in [0.2, 0.25) is 0 Å². The SMILES string of the molecule is O=NSC1(CC(=O)OCC(CO[N+](=O)[O-])(CO[N+](=O)[O-])CO[N+](=O)[O-])C2CC3CC(C2)CC1C3. The van der Waals surface area contributed by atoms with Gasteiger partial charge in [0.05, 0.1) is 16.6 Å². The Bertz CT molecular complexity index is 753. The highest BCUT2D eigenvalue weighted by molar-refractivity contribution is 7.99. The minimum Gasteiger partial charge on any atom is -0.465 e. The molecule has 0 aromatic rings. The Hall–Kier alpha value is -2.98. The van der Waals surface area contributed by atoms with Gasteiger partial charge in [-0.05, 0) is 55.8 Å². The number of rotatable bonds is 15. The van der Waals surface area contributed by atoms with Crippen LogP contribution in [-0.4, -0.2) is 52.4 Å². The third-order valence-corrected chi connectivity index (χ3v) is 8.34. The predicted octanol–water partition coefficient (Wildman–Crippen LogP) is 2.14. The highest BCUT2D eigenvalue weighted by Gasteiger charge is 2.59. The summed E-state index contributed by atoms with van der Waals surface area (Å²) in [6.07, 6.45) is 4.54. The van der Waals surface area contributed by atoms with E-state index in [1.807, 2.05) is 0 Å². The number of esters is 1. The molecule has 4 fully saturated rings. The highest BCUT2D eigenvalue weighted by atomic mass is 32.2. The van der Waals surface area contributed by atoms with Gasteiger partial charge in [0.1, 0.15) is 26.4 Å². The van der Waals surface area contributed by atoms with Crippen LogP contribution in [0.4, 0.5) is 0 Å². The Kier molecular flexibility index (Phi) is 7.93. The third kappa shape index (κ3) is 5.92. The summed E-state index contributed by atoms with van der Waals surface area (Å²) < 4.78 is 7.58. The van der Waals surface area contributed by atoms with Crippen molar-refractivity contribution in [3.8, 4) is 0 Å². The van der Waals surface area contributed by atoms with Crippen LogP contribution in [0.25, 0.3) is 0 Å². The van der Waals surface area contributed by atoms with Crippen LogP contribution < -0.4 is 0 Å². The number of nitrogens with zero attached hydrogens (tertiary/aromatic N) is 4. The van der Waals surface area contributed by atoms with Gasteiger partial charge in [0.15, 0.2) is 0 Å². The molecule has 0 atom stereocenters. The molecule has 0 spiro atoms. The molecule has 0 N–H and O–H groups in total. The Labute approximate surface area is 196 Å². The molecular weight excluding hydrogens is 484 g/mol. The largest absolute Gasteiger partial charge is 0.465 e. The van der Waals surface area contributed by atoms with Crippen LogP contribution in [0.15, 0.2) is 4.58 Å². The van der Waals surface area contributed by atoms with Crippen molar-refractivity contribution in [2.45, 2.75) is 43.3 Å². The number of carbonyl (C=O) groups is 1. The van der Waals surface area contributed by atoms with Gasteiger partial charge < -0.3 is 19.2 Å². The first-order valence-electron chi connectivity index (χ1n) is 10.6. The molecule has 4 aliphatic carbocycles. The molecule has 0 heterocycles. The lowest BCUT2D eigenvalue weighted by Gasteiger charge is -2.59. The van der Waals surface area contributed by atoms with Crippen molar-refractivity contribution in [2.75, 3.05) is 26.4 Å². The summed E-state index contributed by atoms with van der Waals surface area (Å²) in [6, 6.07) is 0. The van der Waals surface area contributed by atoms with Crippen molar-refractivity contribution in [2.24, 2.45) is 33.7 Å². The molecule has 17 heteroatoms. The fourth-order valence-electron chi connectivity index (χ4n) is 5.85. The fourth-order valence-corrected chi connectivity index (χ4v) is 6.85. The molecule has 0 radical (unpaired) electrons. The lowest BCUT2D eigenvalue weighted by Crippen LogP contribution is -2.56. The summed E-state index contributed by atoms with van der Waals surface area (Å²) in [6.45, 7) is -3.55. The Morgan fingerprint density at radius 1 is 0.853 bits per heavy atom. The van der Waals surface area contributed by atoms with Crippen LogP contribution in [0.3, 0.4) is 0 Å². The van der Waals surface area contributed by atoms with Crippen molar-refractivity contribution in [1.82, 2.24) is 0 Å². The Balaban J connectivity index is 1.72. The van der Waals surface area contributed by atoms with Gasteiger partial charge in [-0.3, -0.25) is 4.79 Å². The summed E-state index contributed by atoms with van der Waals surface area (Å²) in [7, 11) is 0. The molecule has 16 nitrogen and oxygen atoms in total. The van der Waals surface area contributed by atoms with Crippen LogP contribution in [0, 0.1) is 64.3 Å². The zero-order chi connectivity index (χ0) is 24.9. The van der Waals surface area contributed by atoms with Crippen molar-refractivity contribution in [1.29, 1.82) is 0 Å². The molecule has 34 heavy (non-hydrogen) atoms. The van der Waals surface area contributed by atoms with E-state index in [0.29, 0.717) is 11.8 Å². The summed E-state index contributed by atoms with van der Waals surface area (Å²) in [5.41, 5.74) is -1.92.